The Labute approximate surface area is 94.8 Å². The summed E-state index contributed by atoms with van der Waals surface area (Å²) in [6, 6.07) is 4.28. The minimum atomic E-state index is -1.75. The van der Waals surface area contributed by atoms with Crippen LogP contribution < -0.4 is 8.59 Å². The number of anilines is 2. The molecule has 0 fully saturated rings. The first-order valence-electron chi connectivity index (χ1n) is 3.89. The molecule has 7 heteroatoms. The van der Waals surface area contributed by atoms with Gasteiger partial charge in [0.1, 0.15) is 0 Å². The molecule has 1 aliphatic heterocycles. The van der Waals surface area contributed by atoms with Crippen LogP contribution in [0.2, 0.25) is 0 Å². The number of carbonyl (C=O) groups is 2. The topological polar surface area (TPSA) is 86.7 Å². The number of benzene rings is 1. The minimum Gasteiger partial charge on any atom is -0.318 e. The van der Waals surface area contributed by atoms with E-state index in [1.54, 1.807) is 0 Å². The van der Waals surface area contributed by atoms with Gasteiger partial charge in [-0.1, -0.05) is 0 Å². The van der Waals surface area contributed by atoms with Crippen LogP contribution in [0.1, 0.15) is 10.4 Å². The summed E-state index contributed by atoms with van der Waals surface area (Å²) in [5.41, 5.74) is 0.835. The standard InChI is InChI=1S/C8H5IN2O4/c12-7-5-3-4(11(15)9-14)1-2-6(5)10-8(7)13/h1-3,15H,(H,10,12,13). The zero-order chi connectivity index (χ0) is 11.0. The van der Waals surface area contributed by atoms with E-state index >= 15 is 0 Å². The molecule has 0 saturated carbocycles. The van der Waals surface area contributed by atoms with Crippen molar-refractivity contribution < 1.29 is 17.9 Å². The van der Waals surface area contributed by atoms with Gasteiger partial charge in [-0.15, -0.1) is 0 Å². The number of ketones is 1. The van der Waals surface area contributed by atoms with Crippen LogP contribution in [0.5, 0.6) is 0 Å². The van der Waals surface area contributed by atoms with E-state index in [1.165, 1.54) is 18.2 Å². The average Bonchev–Trinajstić information content (AvgIpc) is 2.54. The molecular formula is C8H5IN2O4. The van der Waals surface area contributed by atoms with Crippen LogP contribution in [0.15, 0.2) is 18.2 Å². The zero-order valence-electron chi connectivity index (χ0n) is 7.23. The molecule has 0 atom stereocenters. The Kier molecular flexibility index (Phi) is 2.49. The van der Waals surface area contributed by atoms with Crippen molar-refractivity contribution in [3.05, 3.63) is 23.8 Å². The number of nitrogens with zero attached hydrogens (tertiary/aromatic N) is 1. The molecule has 0 radical (unpaired) electrons. The Balaban J connectivity index is 2.48. The van der Waals surface area contributed by atoms with Crippen LogP contribution in [0.3, 0.4) is 0 Å². The Morgan fingerprint density at radius 2 is 2.07 bits per heavy atom. The van der Waals surface area contributed by atoms with Gasteiger partial charge in [0.15, 0.2) is 0 Å². The first kappa shape index (κ1) is 10.2. The largest absolute Gasteiger partial charge is 0.318 e. The number of rotatable bonds is 2. The van der Waals surface area contributed by atoms with Crippen LogP contribution in [0.4, 0.5) is 11.4 Å². The van der Waals surface area contributed by atoms with Crippen molar-refractivity contribution in [2.24, 2.45) is 0 Å². The molecule has 2 rings (SSSR count). The van der Waals surface area contributed by atoms with Crippen molar-refractivity contribution in [3.8, 4) is 0 Å². The van der Waals surface area contributed by atoms with E-state index in [1.807, 2.05) is 0 Å². The predicted octanol–water partition coefficient (Wildman–Crippen LogP) is 1.25. The molecule has 1 aliphatic rings. The summed E-state index contributed by atoms with van der Waals surface area (Å²) in [4.78, 5) is 22.3. The lowest BCUT2D eigenvalue weighted by Gasteiger charge is -2.07. The molecule has 2 N–H and O–H groups in total. The second kappa shape index (κ2) is 3.66. The van der Waals surface area contributed by atoms with Crippen molar-refractivity contribution in [3.63, 3.8) is 0 Å². The van der Waals surface area contributed by atoms with Crippen molar-refractivity contribution in [2.45, 2.75) is 0 Å². The summed E-state index contributed by atoms with van der Waals surface area (Å²) in [6.07, 6.45) is 0. The summed E-state index contributed by atoms with van der Waals surface area (Å²) in [5, 5.41) is 11.5. The van der Waals surface area contributed by atoms with Crippen molar-refractivity contribution >= 4 is 44.5 Å². The zero-order valence-corrected chi connectivity index (χ0v) is 9.39. The lowest BCUT2D eigenvalue weighted by atomic mass is 10.1. The number of hydrogen-bond acceptors (Lipinski definition) is 4. The van der Waals surface area contributed by atoms with E-state index in [9.17, 15) is 12.7 Å². The molecule has 0 aromatic heterocycles. The number of fused-ring (bicyclic) bond motifs is 1. The number of halogens is 1. The molecule has 0 bridgehead atoms. The maximum absolute atomic E-state index is 11.3. The summed E-state index contributed by atoms with van der Waals surface area (Å²) < 4.78 is 11.1. The fraction of sp³-hybridized carbons (Fsp3) is 0. The monoisotopic (exact) mass is 320 g/mol. The summed E-state index contributed by atoms with van der Waals surface area (Å²) in [7, 11) is 0. The van der Waals surface area contributed by atoms with E-state index in [-0.39, 0.29) is 11.3 Å². The van der Waals surface area contributed by atoms with Gasteiger partial charge in [-0.05, 0) is 18.2 Å². The fourth-order valence-corrected chi connectivity index (χ4v) is 1.81. The van der Waals surface area contributed by atoms with Gasteiger partial charge in [-0.25, -0.2) is 3.07 Å². The quantitative estimate of drug-likeness (QED) is 0.371. The highest BCUT2D eigenvalue weighted by Gasteiger charge is 2.28. The highest BCUT2D eigenvalue weighted by molar-refractivity contribution is 14.1. The molecule has 1 aromatic rings. The second-order valence-electron chi connectivity index (χ2n) is 2.84. The van der Waals surface area contributed by atoms with E-state index in [0.29, 0.717) is 8.96 Å². The van der Waals surface area contributed by atoms with Crippen LogP contribution in [0, 0.1) is 0 Å². The molecule has 1 amide bonds. The third-order valence-corrected chi connectivity index (χ3v) is 2.91. The molecule has 78 valence electrons. The molecule has 6 nitrogen and oxygen atoms in total. The highest BCUT2D eigenvalue weighted by Crippen LogP contribution is 2.29. The highest BCUT2D eigenvalue weighted by atomic mass is 127. The smallest absolute Gasteiger partial charge is 0.300 e. The normalized spacial score (nSPS) is 13.7. The van der Waals surface area contributed by atoms with Gasteiger partial charge in [-0.3, -0.25) is 14.8 Å². The molecule has 1 aromatic carbocycles. The van der Waals surface area contributed by atoms with Gasteiger partial charge in [0.25, 0.3) is 33.2 Å². The van der Waals surface area contributed by atoms with E-state index in [4.69, 9.17) is 5.21 Å². The fourth-order valence-electron chi connectivity index (χ4n) is 1.29. The Hall–Kier alpha value is -1.35. The first-order valence-corrected chi connectivity index (χ1v) is 5.74. The van der Waals surface area contributed by atoms with Gasteiger partial charge < -0.3 is 5.32 Å². The van der Waals surface area contributed by atoms with Gasteiger partial charge in [-0.2, -0.15) is 3.28 Å². The second-order valence-corrected chi connectivity index (χ2v) is 4.15. The predicted molar refractivity (Wildman–Crippen MR) is 58.4 cm³/mol. The third-order valence-electron chi connectivity index (χ3n) is 1.98. The molecule has 1 heterocycles. The Bertz CT molecular complexity index is 474. The Morgan fingerprint density at radius 3 is 2.73 bits per heavy atom. The molecule has 0 unspecified atom stereocenters. The van der Waals surface area contributed by atoms with Gasteiger partial charge in [0.05, 0.1) is 16.9 Å². The molecule has 0 saturated heterocycles. The van der Waals surface area contributed by atoms with E-state index in [0.717, 1.165) is 0 Å². The number of hydrogen-bond donors (Lipinski definition) is 2. The van der Waals surface area contributed by atoms with Crippen molar-refractivity contribution in [1.82, 2.24) is 0 Å². The summed E-state index contributed by atoms with van der Waals surface area (Å²) in [6.45, 7) is 0. The Morgan fingerprint density at radius 1 is 1.33 bits per heavy atom. The maximum atomic E-state index is 11.3. The average molecular weight is 320 g/mol. The number of amides is 1. The number of nitrogens with one attached hydrogen (secondary N) is 1. The van der Waals surface area contributed by atoms with E-state index in [2.05, 4.69) is 5.32 Å². The van der Waals surface area contributed by atoms with Crippen LogP contribution in [0.25, 0.3) is 0 Å². The number of Topliss-reactive ketones (excluding diaryl/α,β-unsaturated/α-hetero) is 1. The van der Waals surface area contributed by atoms with Crippen LogP contribution in [-0.4, -0.2) is 16.9 Å². The van der Waals surface area contributed by atoms with Crippen molar-refractivity contribution in [2.75, 3.05) is 8.59 Å². The number of carbonyl (C=O) groups excluding carboxylic acids is 2. The van der Waals surface area contributed by atoms with Crippen LogP contribution in [-0.2, 0) is 7.86 Å². The van der Waals surface area contributed by atoms with Gasteiger partial charge >= 0.3 is 0 Å². The van der Waals surface area contributed by atoms with Gasteiger partial charge in [0.2, 0.25) is 0 Å². The SMILES string of the molecule is O=IN(O)c1ccc2c(c1)C(=O)C(=O)N2. The van der Waals surface area contributed by atoms with Crippen molar-refractivity contribution in [1.29, 1.82) is 0 Å². The lowest BCUT2D eigenvalue weighted by molar-refractivity contribution is -0.112. The van der Waals surface area contributed by atoms with Gasteiger partial charge in [0, 0.05) is 0 Å². The summed E-state index contributed by atoms with van der Waals surface area (Å²) >= 11 is -1.75. The molecule has 0 spiro atoms. The lowest BCUT2D eigenvalue weighted by Crippen LogP contribution is -2.12. The maximum Gasteiger partial charge on any atom is 0.300 e. The molecule has 0 aliphatic carbocycles. The first-order chi connectivity index (χ1) is 7.13. The molecule has 15 heavy (non-hydrogen) atoms. The van der Waals surface area contributed by atoms with E-state index < -0.39 is 33.2 Å². The minimum absolute atomic E-state index is 0.189. The molecular weight excluding hydrogens is 315 g/mol. The third kappa shape index (κ3) is 1.63. The summed E-state index contributed by atoms with van der Waals surface area (Å²) in [5.74, 6) is -1.34. The van der Waals surface area contributed by atoms with Crippen LogP contribution >= 0.6 is 21.5 Å².